The largest absolute Gasteiger partial charge is 0.496 e. The molecule has 1 heterocycles. The van der Waals surface area contributed by atoms with Gasteiger partial charge in [0.15, 0.2) is 5.75 Å². The molecule has 2 aromatic rings. The Morgan fingerprint density at radius 1 is 1.17 bits per heavy atom. The van der Waals surface area contributed by atoms with Crippen molar-refractivity contribution < 1.29 is 33.5 Å². The summed E-state index contributed by atoms with van der Waals surface area (Å²) in [7, 11) is 1.38. The average Bonchev–Trinajstić information content (AvgIpc) is 3.02. The molecule has 0 aliphatic rings. The van der Waals surface area contributed by atoms with Gasteiger partial charge in [0.1, 0.15) is 27.8 Å². The fourth-order valence-corrected chi connectivity index (χ4v) is 3.40. The first-order valence-electron chi connectivity index (χ1n) is 8.54. The first-order valence-corrected chi connectivity index (χ1v) is 9.36. The van der Waals surface area contributed by atoms with Crippen LogP contribution in [-0.2, 0) is 16.1 Å². The molecule has 0 radical (unpaired) electrons. The Labute approximate surface area is 170 Å². The van der Waals surface area contributed by atoms with Crippen molar-refractivity contribution in [2.75, 3.05) is 26.1 Å². The van der Waals surface area contributed by atoms with Crippen LogP contribution < -0.4 is 15.2 Å². The van der Waals surface area contributed by atoms with Crippen LogP contribution in [0.4, 0.5) is 10.7 Å². The van der Waals surface area contributed by atoms with E-state index in [-0.39, 0.29) is 58.0 Å². The summed E-state index contributed by atoms with van der Waals surface area (Å²) in [5.74, 6) is -1.18. The number of thiophene rings is 1. The molecule has 0 saturated carbocycles. The van der Waals surface area contributed by atoms with E-state index in [0.717, 1.165) is 11.3 Å². The second kappa shape index (κ2) is 9.73. The topological polar surface area (TPSA) is 140 Å². The highest BCUT2D eigenvalue weighted by molar-refractivity contribution is 7.18. The number of hydrogen-bond donors (Lipinski definition) is 1. The van der Waals surface area contributed by atoms with Crippen molar-refractivity contribution in [2.24, 2.45) is 0 Å². The standard InChI is InChI=1S/C18H20N2O8S/c1-4-26-17(21)14-11(15(29-16(14)19)18(22)27-5-2)9-28-13-7-6-10(25-3)8-12(13)20(23)24/h6-8H,4-5,9,19H2,1-3H3. The van der Waals surface area contributed by atoms with Crippen LogP contribution in [0.1, 0.15) is 39.4 Å². The van der Waals surface area contributed by atoms with Crippen molar-refractivity contribution in [1.82, 2.24) is 0 Å². The van der Waals surface area contributed by atoms with E-state index in [9.17, 15) is 19.7 Å². The number of methoxy groups -OCH3 is 1. The van der Waals surface area contributed by atoms with Crippen molar-refractivity contribution >= 4 is 34.0 Å². The van der Waals surface area contributed by atoms with Gasteiger partial charge in [0.2, 0.25) is 0 Å². The molecule has 0 fully saturated rings. The number of nitro groups is 1. The predicted octanol–water partition coefficient (Wildman–Crippen LogP) is 3.18. The molecule has 0 bridgehead atoms. The Hall–Kier alpha value is -3.34. The van der Waals surface area contributed by atoms with Crippen LogP contribution in [0.2, 0.25) is 0 Å². The molecule has 2 rings (SSSR count). The molecule has 29 heavy (non-hydrogen) atoms. The van der Waals surface area contributed by atoms with Gasteiger partial charge in [0.25, 0.3) is 0 Å². The SMILES string of the molecule is CCOC(=O)c1sc(N)c(C(=O)OCC)c1COc1ccc(OC)cc1[N+](=O)[O-]. The number of ether oxygens (including phenoxy) is 4. The highest BCUT2D eigenvalue weighted by Crippen LogP contribution is 2.36. The molecule has 0 aliphatic carbocycles. The van der Waals surface area contributed by atoms with Gasteiger partial charge < -0.3 is 24.7 Å². The number of nitrogen functional groups attached to an aromatic ring is 1. The number of nitrogens with zero attached hydrogens (tertiary/aromatic N) is 1. The first-order chi connectivity index (χ1) is 13.8. The second-order valence-electron chi connectivity index (χ2n) is 5.47. The van der Waals surface area contributed by atoms with Gasteiger partial charge in [-0.1, -0.05) is 0 Å². The van der Waals surface area contributed by atoms with Gasteiger partial charge in [0, 0.05) is 5.56 Å². The van der Waals surface area contributed by atoms with Gasteiger partial charge in [-0.3, -0.25) is 10.1 Å². The number of nitro benzene ring substituents is 1. The third-order valence-electron chi connectivity index (χ3n) is 3.71. The van der Waals surface area contributed by atoms with Gasteiger partial charge in [-0.05, 0) is 26.0 Å². The molecule has 1 aromatic heterocycles. The molecule has 11 heteroatoms. The van der Waals surface area contributed by atoms with E-state index in [1.54, 1.807) is 13.8 Å². The van der Waals surface area contributed by atoms with Crippen LogP contribution >= 0.6 is 11.3 Å². The number of carbonyl (C=O) groups excluding carboxylic acids is 2. The first kappa shape index (κ1) is 22.0. The molecule has 1 aromatic carbocycles. The highest BCUT2D eigenvalue weighted by Gasteiger charge is 2.29. The minimum absolute atomic E-state index is 0.0175. The molecule has 0 atom stereocenters. The summed E-state index contributed by atoms with van der Waals surface area (Å²) in [4.78, 5) is 35.4. The Morgan fingerprint density at radius 3 is 2.41 bits per heavy atom. The van der Waals surface area contributed by atoms with Crippen LogP contribution in [0.15, 0.2) is 18.2 Å². The van der Waals surface area contributed by atoms with E-state index in [2.05, 4.69) is 0 Å². The van der Waals surface area contributed by atoms with Gasteiger partial charge >= 0.3 is 17.6 Å². The van der Waals surface area contributed by atoms with Crippen LogP contribution in [0, 0.1) is 10.1 Å². The van der Waals surface area contributed by atoms with E-state index in [1.807, 2.05) is 0 Å². The Balaban J connectivity index is 2.44. The lowest BCUT2D eigenvalue weighted by Crippen LogP contribution is -2.13. The van der Waals surface area contributed by atoms with E-state index >= 15 is 0 Å². The quantitative estimate of drug-likeness (QED) is 0.365. The molecule has 2 N–H and O–H groups in total. The van der Waals surface area contributed by atoms with E-state index in [1.165, 1.54) is 25.3 Å². The average molecular weight is 424 g/mol. The number of anilines is 1. The summed E-state index contributed by atoms with van der Waals surface area (Å²) < 4.78 is 20.6. The summed E-state index contributed by atoms with van der Waals surface area (Å²) in [6.07, 6.45) is 0. The number of carbonyl (C=O) groups is 2. The maximum atomic E-state index is 12.3. The maximum absolute atomic E-state index is 12.3. The Morgan fingerprint density at radius 2 is 1.83 bits per heavy atom. The third kappa shape index (κ3) is 4.93. The van der Waals surface area contributed by atoms with Crippen LogP contribution in [0.3, 0.4) is 0 Å². The third-order valence-corrected chi connectivity index (χ3v) is 4.75. The molecule has 0 unspecified atom stereocenters. The highest BCUT2D eigenvalue weighted by atomic mass is 32.1. The fourth-order valence-electron chi connectivity index (χ4n) is 2.45. The monoisotopic (exact) mass is 424 g/mol. The van der Waals surface area contributed by atoms with Crippen molar-refractivity contribution in [1.29, 1.82) is 0 Å². The summed E-state index contributed by atoms with van der Waals surface area (Å²) in [5.41, 5.74) is 5.72. The molecular weight excluding hydrogens is 404 g/mol. The summed E-state index contributed by atoms with van der Waals surface area (Å²) >= 11 is 0.863. The summed E-state index contributed by atoms with van der Waals surface area (Å²) in [6, 6.07) is 4.05. The molecule has 10 nitrogen and oxygen atoms in total. The lowest BCUT2D eigenvalue weighted by atomic mass is 10.1. The zero-order chi connectivity index (χ0) is 21.6. The Bertz CT molecular complexity index is 925. The van der Waals surface area contributed by atoms with Gasteiger partial charge in [-0.15, -0.1) is 11.3 Å². The van der Waals surface area contributed by atoms with Crippen molar-refractivity contribution in [3.63, 3.8) is 0 Å². The number of rotatable bonds is 9. The molecule has 156 valence electrons. The lowest BCUT2D eigenvalue weighted by Gasteiger charge is -2.10. The normalized spacial score (nSPS) is 10.3. The number of benzene rings is 1. The summed E-state index contributed by atoms with van der Waals surface area (Å²) in [5, 5.41) is 11.4. The maximum Gasteiger partial charge on any atom is 0.348 e. The number of nitrogens with two attached hydrogens (primary N) is 1. The van der Waals surface area contributed by atoms with Crippen LogP contribution in [-0.4, -0.2) is 37.2 Å². The molecule has 0 spiro atoms. The number of esters is 2. The lowest BCUT2D eigenvalue weighted by molar-refractivity contribution is -0.386. The van der Waals surface area contributed by atoms with E-state index in [0.29, 0.717) is 0 Å². The Kier molecular flexibility index (Phi) is 7.37. The second-order valence-corrected chi connectivity index (χ2v) is 6.52. The molecular formula is C18H20N2O8S. The van der Waals surface area contributed by atoms with Gasteiger partial charge in [-0.25, -0.2) is 9.59 Å². The zero-order valence-electron chi connectivity index (χ0n) is 16.1. The van der Waals surface area contributed by atoms with Crippen molar-refractivity contribution in [3.05, 3.63) is 44.3 Å². The molecule has 0 amide bonds. The smallest absolute Gasteiger partial charge is 0.348 e. The van der Waals surface area contributed by atoms with Crippen molar-refractivity contribution in [2.45, 2.75) is 20.5 Å². The van der Waals surface area contributed by atoms with Crippen molar-refractivity contribution in [3.8, 4) is 11.5 Å². The zero-order valence-corrected chi connectivity index (χ0v) is 16.9. The number of hydrogen-bond acceptors (Lipinski definition) is 10. The van der Waals surface area contributed by atoms with Gasteiger partial charge in [0.05, 0.1) is 31.3 Å². The predicted molar refractivity (Wildman–Crippen MR) is 105 cm³/mol. The van der Waals surface area contributed by atoms with Gasteiger partial charge in [-0.2, -0.15) is 0 Å². The van der Waals surface area contributed by atoms with E-state index < -0.39 is 16.9 Å². The minimum Gasteiger partial charge on any atom is -0.496 e. The van der Waals surface area contributed by atoms with E-state index in [4.69, 9.17) is 24.7 Å². The fraction of sp³-hybridized carbons (Fsp3) is 0.333. The van der Waals surface area contributed by atoms with Crippen LogP contribution in [0.25, 0.3) is 0 Å². The minimum atomic E-state index is -0.723. The molecule has 0 aliphatic heterocycles. The molecule has 0 saturated heterocycles. The summed E-state index contributed by atoms with van der Waals surface area (Å²) in [6.45, 7) is 3.16. The van der Waals surface area contributed by atoms with Crippen LogP contribution in [0.5, 0.6) is 11.5 Å².